The van der Waals surface area contributed by atoms with Gasteiger partial charge < -0.3 is 4.98 Å². The van der Waals surface area contributed by atoms with Gasteiger partial charge in [-0.2, -0.15) is 5.10 Å². The lowest BCUT2D eigenvalue weighted by Crippen LogP contribution is -2.09. The molecule has 0 bridgehead atoms. The van der Waals surface area contributed by atoms with Crippen LogP contribution in [0.5, 0.6) is 0 Å². The van der Waals surface area contributed by atoms with Gasteiger partial charge in [0.15, 0.2) is 5.52 Å². The Morgan fingerprint density at radius 3 is 2.92 bits per heavy atom. The molecule has 12 heavy (non-hydrogen) atoms. The van der Waals surface area contributed by atoms with Gasteiger partial charge in [0.25, 0.3) is 5.56 Å². The monoisotopic (exact) mass is 276 g/mol. The van der Waals surface area contributed by atoms with Crippen molar-refractivity contribution in [2.75, 3.05) is 0 Å². The van der Waals surface area contributed by atoms with Crippen LogP contribution in [0, 0.1) is 10.6 Å². The molecule has 0 aliphatic carbocycles. The number of rotatable bonds is 0. The summed E-state index contributed by atoms with van der Waals surface area (Å²) in [6, 6.07) is 0. The van der Waals surface area contributed by atoms with E-state index in [1.807, 2.05) is 0 Å². The third-order valence-corrected chi connectivity index (χ3v) is 2.24. The smallest absolute Gasteiger partial charge is 0.279 e. The molecule has 0 radical (unpaired) electrons. The summed E-state index contributed by atoms with van der Waals surface area (Å²) in [4.78, 5) is 17.9. The van der Waals surface area contributed by atoms with Crippen LogP contribution in [0.25, 0.3) is 11.0 Å². The molecule has 0 saturated heterocycles. The van der Waals surface area contributed by atoms with Gasteiger partial charge in [-0.15, -0.1) is 0 Å². The standard InChI is InChI=1S/C6H5IN4O/c1-2-8-3-4(6(12)9-2)10-11-5(3)7/h1H3,(H,10,11)(H,8,9,12). The van der Waals surface area contributed by atoms with Crippen molar-refractivity contribution < 1.29 is 0 Å². The summed E-state index contributed by atoms with van der Waals surface area (Å²) < 4.78 is 0.789. The minimum absolute atomic E-state index is 0.198. The van der Waals surface area contributed by atoms with E-state index in [1.165, 1.54) is 0 Å². The minimum Gasteiger partial charge on any atom is -0.309 e. The molecular weight excluding hydrogens is 271 g/mol. The quantitative estimate of drug-likeness (QED) is 0.690. The van der Waals surface area contributed by atoms with Crippen LogP contribution >= 0.6 is 22.6 Å². The lowest BCUT2D eigenvalue weighted by molar-refractivity contribution is 1.05. The van der Waals surface area contributed by atoms with Gasteiger partial charge in [-0.05, 0) is 29.5 Å². The minimum atomic E-state index is -0.198. The number of nitrogens with zero attached hydrogens (tertiary/aromatic N) is 2. The van der Waals surface area contributed by atoms with Crippen LogP contribution in [0.2, 0.25) is 0 Å². The maximum Gasteiger partial charge on any atom is 0.279 e. The molecule has 62 valence electrons. The lowest BCUT2D eigenvalue weighted by atomic mass is 10.4. The van der Waals surface area contributed by atoms with Crippen LogP contribution in [0.3, 0.4) is 0 Å². The number of aryl methyl sites for hydroxylation is 1. The van der Waals surface area contributed by atoms with Gasteiger partial charge >= 0.3 is 0 Å². The average Bonchev–Trinajstić information content (AvgIpc) is 2.33. The Morgan fingerprint density at radius 2 is 2.17 bits per heavy atom. The molecule has 0 atom stereocenters. The number of hydrogen-bond donors (Lipinski definition) is 2. The Labute approximate surface area is 80.7 Å². The van der Waals surface area contributed by atoms with E-state index in [1.54, 1.807) is 6.92 Å². The van der Waals surface area contributed by atoms with Crippen molar-refractivity contribution in [1.29, 1.82) is 0 Å². The van der Waals surface area contributed by atoms with Crippen molar-refractivity contribution >= 4 is 33.6 Å². The van der Waals surface area contributed by atoms with Crippen LogP contribution in [0.4, 0.5) is 0 Å². The van der Waals surface area contributed by atoms with Gasteiger partial charge in [-0.1, -0.05) is 0 Å². The molecule has 0 aromatic carbocycles. The summed E-state index contributed by atoms with van der Waals surface area (Å²) in [5.74, 6) is 0.604. The van der Waals surface area contributed by atoms with Crippen molar-refractivity contribution in [1.82, 2.24) is 20.2 Å². The molecule has 0 amide bonds. The summed E-state index contributed by atoms with van der Waals surface area (Å²) in [7, 11) is 0. The first kappa shape index (κ1) is 7.71. The van der Waals surface area contributed by atoms with Crippen molar-refractivity contribution in [3.63, 3.8) is 0 Å². The van der Waals surface area contributed by atoms with E-state index in [0.717, 1.165) is 3.70 Å². The van der Waals surface area contributed by atoms with E-state index < -0.39 is 0 Å². The van der Waals surface area contributed by atoms with Gasteiger partial charge in [0, 0.05) is 0 Å². The van der Waals surface area contributed by atoms with Gasteiger partial charge in [-0.25, -0.2) is 4.98 Å². The molecular formula is C6H5IN4O. The second kappa shape index (κ2) is 2.54. The zero-order valence-corrected chi connectivity index (χ0v) is 8.34. The normalized spacial score (nSPS) is 10.8. The number of hydrogen-bond acceptors (Lipinski definition) is 3. The summed E-state index contributed by atoms with van der Waals surface area (Å²) in [6.45, 7) is 1.74. The Hall–Kier alpha value is -0.920. The lowest BCUT2D eigenvalue weighted by Gasteiger charge is -1.90. The van der Waals surface area contributed by atoms with Gasteiger partial charge in [0.2, 0.25) is 0 Å². The highest BCUT2D eigenvalue weighted by atomic mass is 127. The molecule has 0 spiro atoms. The van der Waals surface area contributed by atoms with Crippen molar-refractivity contribution in [2.45, 2.75) is 6.92 Å². The zero-order chi connectivity index (χ0) is 8.72. The summed E-state index contributed by atoms with van der Waals surface area (Å²) in [5, 5.41) is 6.52. The number of nitrogens with one attached hydrogen (secondary N) is 2. The predicted molar refractivity (Wildman–Crippen MR) is 52.0 cm³/mol. The van der Waals surface area contributed by atoms with Crippen molar-refractivity contribution in [2.24, 2.45) is 0 Å². The van der Waals surface area contributed by atoms with Crippen LogP contribution < -0.4 is 5.56 Å². The fraction of sp³-hybridized carbons (Fsp3) is 0.167. The topological polar surface area (TPSA) is 74.4 Å². The maximum absolute atomic E-state index is 11.2. The van der Waals surface area contributed by atoms with E-state index >= 15 is 0 Å². The maximum atomic E-state index is 11.2. The number of fused-ring (bicyclic) bond motifs is 1. The Kier molecular flexibility index (Phi) is 1.63. The van der Waals surface area contributed by atoms with Crippen molar-refractivity contribution in [3.05, 3.63) is 19.9 Å². The summed E-state index contributed by atoms with van der Waals surface area (Å²) in [6.07, 6.45) is 0. The summed E-state index contributed by atoms with van der Waals surface area (Å²) >= 11 is 2.05. The van der Waals surface area contributed by atoms with Gasteiger partial charge in [-0.3, -0.25) is 9.89 Å². The second-order valence-electron chi connectivity index (χ2n) is 2.39. The van der Waals surface area contributed by atoms with E-state index in [9.17, 15) is 4.79 Å². The first-order valence-electron chi connectivity index (χ1n) is 3.29. The molecule has 0 saturated carbocycles. The molecule has 2 rings (SSSR count). The molecule has 2 N–H and O–H groups in total. The molecule has 5 nitrogen and oxygen atoms in total. The second-order valence-corrected chi connectivity index (χ2v) is 3.46. The van der Waals surface area contributed by atoms with Crippen LogP contribution in [0.15, 0.2) is 4.79 Å². The van der Waals surface area contributed by atoms with E-state index in [2.05, 4.69) is 42.8 Å². The number of aromatic nitrogens is 4. The Bertz CT molecular complexity index is 486. The molecule has 2 aromatic heterocycles. The number of H-pyrrole nitrogens is 2. The van der Waals surface area contributed by atoms with Gasteiger partial charge in [0.05, 0.1) is 0 Å². The molecule has 0 unspecified atom stereocenters. The Balaban J connectivity index is 3.03. The number of halogens is 1. The molecule has 2 heterocycles. The molecule has 6 heteroatoms. The zero-order valence-electron chi connectivity index (χ0n) is 6.18. The SMILES string of the molecule is Cc1nc2c(I)[nH]nc2c(=O)[nH]1. The first-order valence-corrected chi connectivity index (χ1v) is 4.37. The fourth-order valence-corrected chi connectivity index (χ4v) is 1.49. The van der Waals surface area contributed by atoms with E-state index in [-0.39, 0.29) is 5.56 Å². The average molecular weight is 276 g/mol. The van der Waals surface area contributed by atoms with E-state index in [0.29, 0.717) is 16.9 Å². The third kappa shape index (κ3) is 1.02. The van der Waals surface area contributed by atoms with Gasteiger partial charge in [0.1, 0.15) is 15.0 Å². The first-order chi connectivity index (χ1) is 5.68. The van der Waals surface area contributed by atoms with Crippen LogP contribution in [0.1, 0.15) is 5.82 Å². The van der Waals surface area contributed by atoms with Crippen LogP contribution in [-0.4, -0.2) is 20.2 Å². The largest absolute Gasteiger partial charge is 0.309 e. The van der Waals surface area contributed by atoms with Crippen molar-refractivity contribution in [3.8, 4) is 0 Å². The predicted octanol–water partition coefficient (Wildman–Crippen LogP) is 0.559. The third-order valence-electron chi connectivity index (χ3n) is 1.49. The van der Waals surface area contributed by atoms with E-state index in [4.69, 9.17) is 0 Å². The molecule has 0 aliphatic rings. The summed E-state index contributed by atoms with van der Waals surface area (Å²) in [5.41, 5.74) is 0.804. The molecule has 0 aliphatic heterocycles. The highest BCUT2D eigenvalue weighted by Crippen LogP contribution is 2.10. The molecule has 2 aromatic rings. The highest BCUT2D eigenvalue weighted by molar-refractivity contribution is 14.1. The molecule has 0 fully saturated rings. The highest BCUT2D eigenvalue weighted by Gasteiger charge is 2.07. The fourth-order valence-electron chi connectivity index (χ4n) is 0.994. The van der Waals surface area contributed by atoms with Crippen LogP contribution in [-0.2, 0) is 0 Å². The number of aromatic amines is 2. The Morgan fingerprint density at radius 1 is 1.42 bits per heavy atom.